The van der Waals surface area contributed by atoms with Gasteiger partial charge in [0.2, 0.25) is 0 Å². The molecule has 0 aromatic heterocycles. The summed E-state index contributed by atoms with van der Waals surface area (Å²) in [4.78, 5) is 0. The van der Waals surface area contributed by atoms with E-state index >= 15 is 0 Å². The van der Waals surface area contributed by atoms with Crippen LogP contribution in [0.3, 0.4) is 0 Å². The Labute approximate surface area is 40.0 Å². The first kappa shape index (κ1) is 6.27. The Morgan fingerprint density at radius 1 is 1.83 bits per heavy atom. The van der Waals surface area contributed by atoms with Gasteiger partial charge in [0.15, 0.2) is 0 Å². The summed E-state index contributed by atoms with van der Waals surface area (Å²) >= 11 is 0. The monoisotopic (exact) mass is 109 g/mol. The van der Waals surface area contributed by atoms with Gasteiger partial charge in [0, 0.05) is 5.75 Å². The van der Waals surface area contributed by atoms with Gasteiger partial charge in [0.25, 0.3) is 0 Å². The van der Waals surface area contributed by atoms with Gasteiger partial charge in [-0.1, -0.05) is 17.4 Å². The zero-order chi connectivity index (χ0) is 5.21. The minimum atomic E-state index is -1.66. The van der Waals surface area contributed by atoms with Gasteiger partial charge in [0.1, 0.15) is 0 Å². The van der Waals surface area contributed by atoms with Crippen LogP contribution in [0, 0.1) is 0 Å². The maximum Gasteiger partial charge on any atom is 0.00795 e. The van der Waals surface area contributed by atoms with E-state index in [-0.39, 0.29) is 0 Å². The van der Waals surface area contributed by atoms with Crippen LogP contribution >= 0.6 is 10.5 Å². The van der Waals surface area contributed by atoms with Crippen LogP contribution < -0.4 is 5.14 Å². The highest BCUT2D eigenvalue weighted by Gasteiger charge is 1.97. The molecule has 0 amide bonds. The fraction of sp³-hybridized carbons (Fsp3) is 1.00. The largest absolute Gasteiger partial charge is 0.339 e. The highest BCUT2D eigenvalue weighted by atomic mass is 32.3. The van der Waals surface area contributed by atoms with Crippen molar-refractivity contribution in [1.82, 2.24) is 0 Å². The summed E-state index contributed by atoms with van der Waals surface area (Å²) in [5.41, 5.74) is 0. The van der Waals surface area contributed by atoms with Crippen LogP contribution in [-0.2, 0) is 0 Å². The van der Waals surface area contributed by atoms with Gasteiger partial charge in [-0.3, -0.25) is 5.14 Å². The second-order valence-corrected chi connectivity index (χ2v) is 4.19. The molecule has 1 atom stereocenters. The molecule has 2 nitrogen and oxygen atoms in total. The molecule has 1 unspecified atom stereocenters. The molecular weight excluding hydrogens is 98.1 g/mol. The molecule has 0 aliphatic carbocycles. The fourth-order valence-electron chi connectivity index (χ4n) is 0. The summed E-state index contributed by atoms with van der Waals surface area (Å²) in [5.74, 6) is 0.688. The summed E-state index contributed by atoms with van der Waals surface area (Å²) in [6, 6.07) is 0. The maximum absolute atomic E-state index is 8.69. The zero-order valence-corrected chi connectivity index (χ0v) is 4.96. The second kappa shape index (κ2) is 1.82. The van der Waals surface area contributed by atoms with Crippen molar-refractivity contribution in [3.05, 3.63) is 0 Å². The van der Waals surface area contributed by atoms with Crippen LogP contribution in [-0.4, -0.2) is 16.6 Å². The van der Waals surface area contributed by atoms with Crippen LogP contribution in [0.25, 0.3) is 0 Å². The van der Waals surface area contributed by atoms with Crippen molar-refractivity contribution in [2.45, 2.75) is 6.92 Å². The summed E-state index contributed by atoms with van der Waals surface area (Å²) in [6.07, 6.45) is 1.66. The number of nitrogens with two attached hydrogens (primary N) is 1. The Hall–Kier alpha value is 0.270. The lowest BCUT2D eigenvalue weighted by molar-refractivity contribution is 0.634. The van der Waals surface area contributed by atoms with E-state index in [1.165, 1.54) is 0 Å². The van der Waals surface area contributed by atoms with Gasteiger partial charge < -0.3 is 4.55 Å². The van der Waals surface area contributed by atoms with Gasteiger partial charge >= 0.3 is 0 Å². The van der Waals surface area contributed by atoms with Crippen molar-refractivity contribution < 1.29 is 4.55 Å². The molecule has 0 radical (unpaired) electrons. The molecular formula is C3H11NOS. The lowest BCUT2D eigenvalue weighted by Gasteiger charge is -2.19. The molecule has 0 aliphatic heterocycles. The van der Waals surface area contributed by atoms with Crippen molar-refractivity contribution in [2.24, 2.45) is 5.14 Å². The molecule has 0 heterocycles. The molecule has 3 heteroatoms. The molecule has 0 aromatic carbocycles. The third-order valence-electron chi connectivity index (χ3n) is 0.584. The minimum Gasteiger partial charge on any atom is -0.339 e. The first-order valence-corrected chi connectivity index (χ1v) is 4.05. The van der Waals surface area contributed by atoms with Crippen molar-refractivity contribution in [2.75, 3.05) is 12.0 Å². The maximum atomic E-state index is 8.69. The molecule has 0 rings (SSSR count). The molecule has 0 saturated carbocycles. The van der Waals surface area contributed by atoms with Crippen molar-refractivity contribution in [3.63, 3.8) is 0 Å². The number of hydrogen-bond acceptors (Lipinski definition) is 2. The summed E-state index contributed by atoms with van der Waals surface area (Å²) in [6.45, 7) is 1.87. The summed E-state index contributed by atoms with van der Waals surface area (Å²) in [7, 11) is -1.66. The van der Waals surface area contributed by atoms with Gasteiger partial charge in [-0.25, -0.2) is 0 Å². The number of rotatable bonds is 1. The smallest absolute Gasteiger partial charge is 0.00795 e. The lowest BCUT2D eigenvalue weighted by atomic mass is 11.0. The molecule has 6 heavy (non-hydrogen) atoms. The van der Waals surface area contributed by atoms with Crippen LogP contribution in [0.5, 0.6) is 0 Å². The minimum absolute atomic E-state index is 0.688. The Morgan fingerprint density at radius 2 is 2.00 bits per heavy atom. The normalized spacial score (nSPS) is 25.3. The fourth-order valence-corrected chi connectivity index (χ4v) is 0. The molecule has 0 bridgehead atoms. The molecule has 0 saturated heterocycles. The second-order valence-electron chi connectivity index (χ2n) is 1.40. The quantitative estimate of drug-likeness (QED) is 0.523. The highest BCUT2D eigenvalue weighted by molar-refractivity contribution is 8.26. The van der Waals surface area contributed by atoms with E-state index in [9.17, 15) is 0 Å². The van der Waals surface area contributed by atoms with Gasteiger partial charge in [0.05, 0.1) is 0 Å². The zero-order valence-electron chi connectivity index (χ0n) is 4.14. The number of hydrogen-bond donors (Lipinski definition) is 2. The molecule has 0 fully saturated rings. The van der Waals surface area contributed by atoms with Crippen LogP contribution in [0.1, 0.15) is 6.92 Å². The molecule has 0 spiro atoms. The summed E-state index contributed by atoms with van der Waals surface area (Å²) in [5, 5.41) is 5.17. The highest BCUT2D eigenvalue weighted by Crippen LogP contribution is 2.26. The van der Waals surface area contributed by atoms with Crippen LogP contribution in [0.2, 0.25) is 0 Å². The van der Waals surface area contributed by atoms with Crippen LogP contribution in [0.4, 0.5) is 0 Å². The average molecular weight is 109 g/mol. The molecule has 0 aromatic rings. The van der Waals surface area contributed by atoms with E-state index in [1.807, 2.05) is 6.92 Å². The van der Waals surface area contributed by atoms with Gasteiger partial charge in [-0.2, -0.15) is 0 Å². The summed E-state index contributed by atoms with van der Waals surface area (Å²) < 4.78 is 8.69. The van der Waals surface area contributed by atoms with Gasteiger partial charge in [-0.05, 0) is 6.26 Å². The Bertz CT molecular complexity index is 40.5. The predicted octanol–water partition coefficient (Wildman–Crippen LogP) is 0.787. The van der Waals surface area contributed by atoms with E-state index < -0.39 is 10.5 Å². The molecule has 3 N–H and O–H groups in total. The topological polar surface area (TPSA) is 46.2 Å². The first-order valence-electron chi connectivity index (χ1n) is 1.82. The molecule has 40 valence electrons. The van der Waals surface area contributed by atoms with E-state index in [2.05, 4.69) is 0 Å². The molecule has 0 aliphatic rings. The van der Waals surface area contributed by atoms with Crippen molar-refractivity contribution in [1.29, 1.82) is 0 Å². The van der Waals surface area contributed by atoms with E-state index in [0.29, 0.717) is 5.75 Å². The predicted molar refractivity (Wildman–Crippen MR) is 30.9 cm³/mol. The van der Waals surface area contributed by atoms with Crippen molar-refractivity contribution >= 4 is 10.5 Å². The Morgan fingerprint density at radius 3 is 2.00 bits per heavy atom. The van der Waals surface area contributed by atoms with E-state index in [0.717, 1.165) is 0 Å². The SMILES string of the molecule is CCS(C)(N)O. The van der Waals surface area contributed by atoms with Gasteiger partial charge in [-0.15, -0.1) is 0 Å². The van der Waals surface area contributed by atoms with E-state index in [4.69, 9.17) is 9.69 Å². The standard InChI is InChI=1S/C3H11NOS/c1-3-6(2,4)5/h5H,3-4H2,1-2H3. The Kier molecular flexibility index (Phi) is 1.90. The Balaban J connectivity index is 3.17. The average Bonchev–Trinajstić information content (AvgIpc) is 1.35. The van der Waals surface area contributed by atoms with Crippen LogP contribution in [0.15, 0.2) is 0 Å². The van der Waals surface area contributed by atoms with Crippen molar-refractivity contribution in [3.8, 4) is 0 Å². The third kappa shape index (κ3) is 4.27. The lowest BCUT2D eigenvalue weighted by Crippen LogP contribution is -2.08. The first-order chi connectivity index (χ1) is 2.56. The van der Waals surface area contributed by atoms with E-state index in [1.54, 1.807) is 6.26 Å². The third-order valence-corrected chi connectivity index (χ3v) is 1.75.